The van der Waals surface area contributed by atoms with Gasteiger partial charge in [0.1, 0.15) is 11.5 Å². The predicted molar refractivity (Wildman–Crippen MR) is 211 cm³/mol. The number of hydrogen-bond donors (Lipinski definition) is 1. The number of alkyl halides is 3. The molecule has 0 saturated carbocycles. The molecule has 2 aromatic carbocycles. The molecule has 15 nitrogen and oxygen atoms in total. The van der Waals surface area contributed by atoms with Gasteiger partial charge in [0, 0.05) is 48.9 Å². The van der Waals surface area contributed by atoms with Crippen LogP contribution in [-0.2, 0) is 35.7 Å². The van der Waals surface area contributed by atoms with E-state index in [1.807, 2.05) is 32.4 Å². The van der Waals surface area contributed by atoms with Gasteiger partial charge in [-0.2, -0.15) is 43.1 Å². The molecule has 2 aliphatic rings. The van der Waals surface area contributed by atoms with Gasteiger partial charge in [-0.1, -0.05) is 6.07 Å². The van der Waals surface area contributed by atoms with E-state index >= 15 is 4.39 Å². The second kappa shape index (κ2) is 16.8. The van der Waals surface area contributed by atoms with Gasteiger partial charge < -0.3 is 19.7 Å². The normalized spacial score (nSPS) is 15.6. The molecule has 0 aliphatic carbocycles. The van der Waals surface area contributed by atoms with Crippen LogP contribution in [0.3, 0.4) is 0 Å². The summed E-state index contributed by atoms with van der Waals surface area (Å²) in [6.07, 6.45) is 3.49. The Labute approximate surface area is 345 Å². The Bertz CT molecular complexity index is 2580. The molecule has 0 bridgehead atoms. The van der Waals surface area contributed by atoms with Crippen molar-refractivity contribution in [2.45, 2.75) is 70.9 Å². The number of aryl methyl sites for hydroxylation is 2. The van der Waals surface area contributed by atoms with Crippen molar-refractivity contribution in [2.24, 2.45) is 7.05 Å². The van der Waals surface area contributed by atoms with E-state index in [9.17, 15) is 28.0 Å². The fraction of sp³-hybridized carbons (Fsp3) is 0.400. The van der Waals surface area contributed by atoms with Gasteiger partial charge in [0.05, 0.1) is 60.8 Å². The first-order valence-corrected chi connectivity index (χ1v) is 19.8. The first-order chi connectivity index (χ1) is 28.5. The Kier molecular flexibility index (Phi) is 11.8. The first kappa shape index (κ1) is 41.9. The van der Waals surface area contributed by atoms with Crippen LogP contribution in [0.15, 0.2) is 48.9 Å². The van der Waals surface area contributed by atoms with Crippen molar-refractivity contribution in [3.8, 4) is 33.9 Å². The third-order valence-corrected chi connectivity index (χ3v) is 10.7. The molecular formula is C40H41F4N11O4S. The lowest BCUT2D eigenvalue weighted by Crippen LogP contribution is -2.52. The van der Waals surface area contributed by atoms with Crippen molar-refractivity contribution in [1.82, 2.24) is 48.9 Å². The molecule has 314 valence electrons. The molecule has 8 rings (SSSR count). The van der Waals surface area contributed by atoms with Gasteiger partial charge in [-0.15, -0.1) is 0 Å². The van der Waals surface area contributed by atoms with Crippen molar-refractivity contribution in [1.29, 1.82) is 5.26 Å². The Morgan fingerprint density at radius 2 is 1.93 bits per heavy atom. The Hall–Kier alpha value is -6.20. The average Bonchev–Trinajstić information content (AvgIpc) is 4.02. The van der Waals surface area contributed by atoms with Crippen LogP contribution in [0.5, 0.6) is 5.19 Å². The second-order valence-electron chi connectivity index (χ2n) is 15.2. The highest BCUT2D eigenvalue weighted by Gasteiger charge is 2.37. The van der Waals surface area contributed by atoms with E-state index in [4.69, 9.17) is 9.47 Å². The maximum absolute atomic E-state index is 15.4. The van der Waals surface area contributed by atoms with E-state index in [0.717, 1.165) is 52.4 Å². The summed E-state index contributed by atoms with van der Waals surface area (Å²) < 4.78 is 76.0. The van der Waals surface area contributed by atoms with Gasteiger partial charge in [0.25, 0.3) is 11.1 Å². The van der Waals surface area contributed by atoms with Crippen molar-refractivity contribution in [2.75, 3.05) is 26.8 Å². The minimum Gasteiger partial charge on any atom is -0.472 e. The molecule has 1 fully saturated rings. The standard InChI is InChI=1S/C35H33F4N9O4S.C5H8N2/c1-34(2,18-47-26(14-27(44-47)35(37,38)39)31-42-33(51-3)53-45-31)43-28(49)17-46-10-9-22-21(7-8-24(36)30(22)32(46)50)23-12-20-16-41-48(25(20)13-19(23)15-40)29-6-4-5-11-52-29;1-5-3-6-7(2)4-5/h7-8,12-14,16,29H,4-6,9-11,17-18H2,1-3H3,(H,43,49);3-4H,1-2H3. The summed E-state index contributed by atoms with van der Waals surface area (Å²) in [5.74, 6) is -2.10. The Balaban J connectivity index is 0.000000706. The molecule has 0 spiro atoms. The van der Waals surface area contributed by atoms with Crippen LogP contribution in [-0.4, -0.2) is 87.8 Å². The lowest BCUT2D eigenvalue weighted by molar-refractivity contribution is -0.141. The molecule has 6 aromatic rings. The molecule has 20 heteroatoms. The summed E-state index contributed by atoms with van der Waals surface area (Å²) in [5.41, 5.74) is 1.20. The minimum absolute atomic E-state index is 0.0260. The highest BCUT2D eigenvalue weighted by molar-refractivity contribution is 7.07. The predicted octanol–water partition coefficient (Wildman–Crippen LogP) is 6.48. The van der Waals surface area contributed by atoms with Crippen LogP contribution >= 0.6 is 11.5 Å². The van der Waals surface area contributed by atoms with E-state index in [-0.39, 0.29) is 48.0 Å². The van der Waals surface area contributed by atoms with Crippen LogP contribution in [0.1, 0.15) is 72.1 Å². The van der Waals surface area contributed by atoms with Crippen molar-refractivity contribution < 1.29 is 36.6 Å². The first-order valence-electron chi connectivity index (χ1n) is 19.0. The molecule has 1 unspecified atom stereocenters. The summed E-state index contributed by atoms with van der Waals surface area (Å²) in [6, 6.07) is 9.33. The number of carbonyl (C=O) groups is 2. The zero-order valence-corrected chi connectivity index (χ0v) is 34.2. The van der Waals surface area contributed by atoms with Crippen LogP contribution < -0.4 is 10.1 Å². The van der Waals surface area contributed by atoms with Gasteiger partial charge in [0.2, 0.25) is 5.91 Å². The molecule has 4 aromatic heterocycles. The van der Waals surface area contributed by atoms with E-state index < -0.39 is 41.6 Å². The fourth-order valence-electron chi connectivity index (χ4n) is 7.37. The zero-order valence-electron chi connectivity index (χ0n) is 33.4. The van der Waals surface area contributed by atoms with Gasteiger partial charge in [-0.05, 0) is 87.4 Å². The van der Waals surface area contributed by atoms with Gasteiger partial charge in [-0.3, -0.25) is 19.0 Å². The summed E-state index contributed by atoms with van der Waals surface area (Å²) in [4.78, 5) is 32.4. The summed E-state index contributed by atoms with van der Waals surface area (Å²) >= 11 is 0.860. The average molecular weight is 848 g/mol. The highest BCUT2D eigenvalue weighted by Crippen LogP contribution is 2.37. The van der Waals surface area contributed by atoms with E-state index in [1.165, 1.54) is 23.6 Å². The van der Waals surface area contributed by atoms with Crippen LogP contribution in [0.4, 0.5) is 17.6 Å². The topological polar surface area (TPSA) is 171 Å². The van der Waals surface area contributed by atoms with Crippen LogP contribution in [0.25, 0.3) is 33.5 Å². The Morgan fingerprint density at radius 1 is 1.13 bits per heavy atom. The van der Waals surface area contributed by atoms with E-state index in [0.29, 0.717) is 28.9 Å². The number of fused-ring (bicyclic) bond motifs is 2. The largest absolute Gasteiger partial charge is 0.472 e. The smallest absolute Gasteiger partial charge is 0.435 e. The summed E-state index contributed by atoms with van der Waals surface area (Å²) in [6.45, 7) is 5.26. The number of nitrogens with zero attached hydrogens (tertiary/aromatic N) is 10. The van der Waals surface area contributed by atoms with Crippen molar-refractivity contribution in [3.05, 3.63) is 82.7 Å². The number of amides is 2. The third kappa shape index (κ3) is 8.86. The quantitative estimate of drug-likeness (QED) is 0.159. The highest BCUT2D eigenvalue weighted by atomic mass is 32.1. The zero-order chi connectivity index (χ0) is 42.9. The van der Waals surface area contributed by atoms with Gasteiger partial charge in [0.15, 0.2) is 17.7 Å². The van der Waals surface area contributed by atoms with E-state index in [2.05, 4.69) is 36.0 Å². The maximum atomic E-state index is 15.4. The number of benzene rings is 2. The molecule has 2 amide bonds. The molecule has 0 radical (unpaired) electrons. The SMILES string of the molecule is COc1nc(-c2cc(C(F)(F)F)nn2CC(C)(C)NC(=O)CN2CCc3c(-c4cc5cnn(C6CCCCO6)c5cc4C#N)ccc(F)c3C2=O)ns1.Cc1cnn(C)c1. The molecular weight excluding hydrogens is 807 g/mol. The number of ether oxygens (including phenoxy) is 2. The molecule has 6 heterocycles. The van der Waals surface area contributed by atoms with Gasteiger partial charge in [-0.25, -0.2) is 9.07 Å². The fourth-order valence-corrected chi connectivity index (χ4v) is 7.88. The second-order valence-corrected chi connectivity index (χ2v) is 15.9. The molecule has 2 aliphatic heterocycles. The summed E-state index contributed by atoms with van der Waals surface area (Å²) in [7, 11) is 3.27. The van der Waals surface area contributed by atoms with Crippen molar-refractivity contribution >= 4 is 34.2 Å². The summed E-state index contributed by atoms with van der Waals surface area (Å²) in [5, 5.41) is 26.0. The van der Waals surface area contributed by atoms with Crippen molar-refractivity contribution in [3.63, 3.8) is 0 Å². The maximum Gasteiger partial charge on any atom is 0.435 e. The van der Waals surface area contributed by atoms with E-state index in [1.54, 1.807) is 41.5 Å². The third-order valence-electron chi connectivity index (χ3n) is 10.0. The number of hydrogen-bond acceptors (Lipinski definition) is 11. The van der Waals surface area contributed by atoms with Gasteiger partial charge >= 0.3 is 6.18 Å². The number of methoxy groups -OCH3 is 1. The lowest BCUT2D eigenvalue weighted by atomic mass is 9.87. The number of aromatic nitrogens is 8. The number of nitriles is 1. The number of halogens is 4. The molecule has 1 atom stereocenters. The Morgan fingerprint density at radius 3 is 2.57 bits per heavy atom. The van der Waals surface area contributed by atoms with Crippen LogP contribution in [0.2, 0.25) is 0 Å². The number of nitrogens with one attached hydrogen (secondary N) is 1. The molecule has 1 N–H and O–H groups in total. The monoisotopic (exact) mass is 847 g/mol. The number of carbonyl (C=O) groups excluding carboxylic acids is 2. The minimum atomic E-state index is -4.75. The number of rotatable bonds is 9. The molecule has 1 saturated heterocycles. The molecule has 60 heavy (non-hydrogen) atoms. The van der Waals surface area contributed by atoms with Crippen LogP contribution in [0, 0.1) is 24.1 Å². The lowest BCUT2D eigenvalue weighted by Gasteiger charge is -2.32.